The zero-order valence-corrected chi connectivity index (χ0v) is 10.4. The summed E-state index contributed by atoms with van der Waals surface area (Å²) in [5.41, 5.74) is 0.314. The van der Waals surface area contributed by atoms with Crippen molar-refractivity contribution in [2.75, 3.05) is 13.1 Å². The van der Waals surface area contributed by atoms with Gasteiger partial charge in [-0.1, -0.05) is 19.1 Å². The Bertz CT molecular complexity index is 542. The van der Waals surface area contributed by atoms with Crippen molar-refractivity contribution in [3.63, 3.8) is 0 Å². The van der Waals surface area contributed by atoms with E-state index in [1.807, 2.05) is 6.92 Å². The van der Waals surface area contributed by atoms with Gasteiger partial charge in [-0.2, -0.15) is 4.99 Å². The number of halogens is 1. The summed E-state index contributed by atoms with van der Waals surface area (Å²) in [6.45, 7) is 2.93. The van der Waals surface area contributed by atoms with Gasteiger partial charge >= 0.3 is 0 Å². The molecule has 0 saturated carbocycles. The number of carbonyl (C=O) groups excluding carboxylic acids is 2. The summed E-state index contributed by atoms with van der Waals surface area (Å²) in [5, 5.41) is 5.52. The molecule has 0 bridgehead atoms. The van der Waals surface area contributed by atoms with Gasteiger partial charge in [0.15, 0.2) is 0 Å². The Balaban J connectivity index is 2.22. The van der Waals surface area contributed by atoms with Gasteiger partial charge in [0.05, 0.1) is 6.54 Å². The molecule has 1 heterocycles. The fraction of sp³-hybridized carbons (Fsp3) is 0.308. The highest BCUT2D eigenvalue weighted by atomic mass is 19.1. The molecule has 1 aromatic carbocycles. The van der Waals surface area contributed by atoms with Gasteiger partial charge in [0.25, 0.3) is 5.91 Å². The molecule has 1 aliphatic rings. The number of amides is 2. The predicted octanol–water partition coefficient (Wildman–Crippen LogP) is 0.574. The number of rotatable bonds is 4. The molecular weight excluding hydrogens is 249 g/mol. The largest absolute Gasteiger partial charge is 0.312 e. The smallest absolute Gasteiger partial charge is 0.264 e. The van der Waals surface area contributed by atoms with Crippen LogP contribution in [-0.4, -0.2) is 30.7 Å². The van der Waals surface area contributed by atoms with E-state index in [9.17, 15) is 14.0 Å². The van der Waals surface area contributed by atoms with Gasteiger partial charge in [-0.05, 0) is 24.2 Å². The molecule has 5 nitrogen and oxygen atoms in total. The fourth-order valence-electron chi connectivity index (χ4n) is 1.86. The van der Waals surface area contributed by atoms with Gasteiger partial charge in [-0.15, -0.1) is 0 Å². The van der Waals surface area contributed by atoms with Crippen LogP contribution in [0.5, 0.6) is 0 Å². The van der Waals surface area contributed by atoms with Crippen LogP contribution in [0.25, 0.3) is 0 Å². The Morgan fingerprint density at radius 3 is 2.84 bits per heavy atom. The van der Waals surface area contributed by atoms with Gasteiger partial charge in [0, 0.05) is 0 Å². The third kappa shape index (κ3) is 3.03. The molecule has 2 N–H and O–H groups in total. The number of hydrogen-bond acceptors (Lipinski definition) is 3. The van der Waals surface area contributed by atoms with Gasteiger partial charge in [0.1, 0.15) is 17.6 Å². The van der Waals surface area contributed by atoms with Crippen LogP contribution < -0.4 is 10.6 Å². The fourth-order valence-corrected chi connectivity index (χ4v) is 1.86. The second-order valence-electron chi connectivity index (χ2n) is 4.15. The van der Waals surface area contributed by atoms with Gasteiger partial charge in [0.2, 0.25) is 5.91 Å². The SMILES string of the molecule is CCNCC1=NC(=O)C(c2cccc(F)c2)C(=O)N1. The van der Waals surface area contributed by atoms with Crippen molar-refractivity contribution in [1.29, 1.82) is 0 Å². The van der Waals surface area contributed by atoms with E-state index in [2.05, 4.69) is 15.6 Å². The van der Waals surface area contributed by atoms with Crippen LogP contribution in [0.4, 0.5) is 4.39 Å². The molecule has 19 heavy (non-hydrogen) atoms. The molecule has 0 saturated heterocycles. The van der Waals surface area contributed by atoms with Crippen molar-refractivity contribution >= 4 is 17.6 Å². The zero-order chi connectivity index (χ0) is 13.8. The molecule has 1 atom stereocenters. The van der Waals surface area contributed by atoms with Gasteiger partial charge in [-0.25, -0.2) is 4.39 Å². The van der Waals surface area contributed by atoms with E-state index < -0.39 is 23.5 Å². The normalized spacial score (nSPS) is 19.1. The number of carbonyl (C=O) groups is 2. The monoisotopic (exact) mass is 263 g/mol. The average molecular weight is 263 g/mol. The Kier molecular flexibility index (Phi) is 4.01. The Labute approximate surface area is 109 Å². The minimum Gasteiger partial charge on any atom is -0.312 e. The van der Waals surface area contributed by atoms with Gasteiger partial charge in [-0.3, -0.25) is 9.59 Å². The minimum absolute atomic E-state index is 0.296. The summed E-state index contributed by atoms with van der Waals surface area (Å²) in [7, 11) is 0. The lowest BCUT2D eigenvalue weighted by atomic mass is 9.96. The second kappa shape index (κ2) is 5.71. The summed E-state index contributed by atoms with van der Waals surface area (Å²) >= 11 is 0. The molecule has 0 radical (unpaired) electrons. The third-order valence-electron chi connectivity index (χ3n) is 2.75. The number of nitrogens with one attached hydrogen (secondary N) is 2. The number of amidine groups is 1. The molecule has 0 spiro atoms. The predicted molar refractivity (Wildman–Crippen MR) is 68.3 cm³/mol. The first kappa shape index (κ1) is 13.4. The molecule has 0 aromatic heterocycles. The quantitative estimate of drug-likeness (QED) is 0.780. The van der Waals surface area contributed by atoms with Crippen LogP contribution in [0.2, 0.25) is 0 Å². The summed E-state index contributed by atoms with van der Waals surface area (Å²) in [6, 6.07) is 5.43. The van der Waals surface area contributed by atoms with E-state index in [0.29, 0.717) is 24.5 Å². The first-order valence-electron chi connectivity index (χ1n) is 6.00. The van der Waals surface area contributed by atoms with E-state index in [0.717, 1.165) is 0 Å². The number of benzene rings is 1. The molecule has 100 valence electrons. The van der Waals surface area contributed by atoms with Crippen LogP contribution in [-0.2, 0) is 9.59 Å². The topological polar surface area (TPSA) is 70.6 Å². The highest BCUT2D eigenvalue weighted by Gasteiger charge is 2.33. The highest BCUT2D eigenvalue weighted by molar-refractivity contribution is 6.19. The van der Waals surface area contributed by atoms with Gasteiger partial charge < -0.3 is 10.6 Å². The van der Waals surface area contributed by atoms with E-state index in [-0.39, 0.29) is 0 Å². The van der Waals surface area contributed by atoms with Crippen molar-refractivity contribution in [2.24, 2.45) is 4.99 Å². The van der Waals surface area contributed by atoms with Crippen LogP contribution in [0.15, 0.2) is 29.3 Å². The van der Waals surface area contributed by atoms with E-state index >= 15 is 0 Å². The third-order valence-corrected chi connectivity index (χ3v) is 2.75. The molecule has 1 unspecified atom stereocenters. The lowest BCUT2D eigenvalue weighted by molar-refractivity contribution is -0.129. The summed E-state index contributed by atoms with van der Waals surface area (Å²) in [5.74, 6) is -2.30. The number of aliphatic imine (C=N–C) groups is 1. The lowest BCUT2D eigenvalue weighted by Crippen LogP contribution is -2.46. The molecule has 6 heteroatoms. The van der Waals surface area contributed by atoms with Crippen LogP contribution in [0, 0.1) is 5.82 Å². The molecule has 1 aromatic rings. The van der Waals surface area contributed by atoms with E-state index in [4.69, 9.17) is 0 Å². The Hall–Kier alpha value is -2.08. The second-order valence-corrected chi connectivity index (χ2v) is 4.15. The summed E-state index contributed by atoms with van der Waals surface area (Å²) in [6.07, 6.45) is 0. The van der Waals surface area contributed by atoms with Crippen molar-refractivity contribution in [3.05, 3.63) is 35.6 Å². The number of likely N-dealkylation sites (N-methyl/N-ethyl adjacent to an activating group) is 1. The van der Waals surface area contributed by atoms with E-state index in [1.165, 1.54) is 24.3 Å². The molecular formula is C13H14FN3O2. The highest BCUT2D eigenvalue weighted by Crippen LogP contribution is 2.20. The van der Waals surface area contributed by atoms with Crippen molar-refractivity contribution < 1.29 is 14.0 Å². The van der Waals surface area contributed by atoms with E-state index in [1.54, 1.807) is 0 Å². The maximum Gasteiger partial charge on any atom is 0.264 e. The first-order valence-corrected chi connectivity index (χ1v) is 6.00. The van der Waals surface area contributed by atoms with Crippen LogP contribution >= 0.6 is 0 Å². The molecule has 2 rings (SSSR count). The molecule has 0 aliphatic carbocycles. The molecule has 2 amide bonds. The lowest BCUT2D eigenvalue weighted by Gasteiger charge is -2.20. The Morgan fingerprint density at radius 2 is 2.21 bits per heavy atom. The van der Waals surface area contributed by atoms with Crippen molar-refractivity contribution in [2.45, 2.75) is 12.8 Å². The zero-order valence-electron chi connectivity index (χ0n) is 10.4. The van der Waals surface area contributed by atoms with Crippen molar-refractivity contribution in [1.82, 2.24) is 10.6 Å². The van der Waals surface area contributed by atoms with Crippen molar-refractivity contribution in [3.8, 4) is 0 Å². The number of hydrogen-bond donors (Lipinski definition) is 2. The average Bonchev–Trinajstić information content (AvgIpc) is 2.35. The number of nitrogens with zero attached hydrogens (tertiary/aromatic N) is 1. The summed E-state index contributed by atoms with van der Waals surface area (Å²) in [4.78, 5) is 27.6. The molecule has 0 fully saturated rings. The van der Waals surface area contributed by atoms with Crippen LogP contribution in [0.1, 0.15) is 18.4 Å². The minimum atomic E-state index is -1.07. The maximum atomic E-state index is 13.1. The Morgan fingerprint density at radius 1 is 1.42 bits per heavy atom. The first-order chi connectivity index (χ1) is 9.11. The standard InChI is InChI=1S/C13H14FN3O2/c1-2-15-7-10-16-12(18)11(13(19)17-10)8-4-3-5-9(14)6-8/h3-6,11,15H,2,7H2,1H3,(H,16,17,18,19). The maximum absolute atomic E-state index is 13.1. The summed E-state index contributed by atoms with van der Waals surface area (Å²) < 4.78 is 13.1. The van der Waals surface area contributed by atoms with Crippen LogP contribution in [0.3, 0.4) is 0 Å². The molecule has 1 aliphatic heterocycles.